The van der Waals surface area contributed by atoms with Crippen LogP contribution in [-0.4, -0.2) is 0 Å². The smallest absolute Gasteiger partial charge is 0.0629 e. The molecule has 10 heavy (non-hydrogen) atoms. The fourth-order valence-corrected chi connectivity index (χ4v) is 1.07. The van der Waals surface area contributed by atoms with Crippen LogP contribution in [0.4, 0.5) is 5.69 Å². The van der Waals surface area contributed by atoms with Crippen LogP contribution in [0, 0.1) is 0 Å². The van der Waals surface area contributed by atoms with E-state index in [0.717, 1.165) is 15.5 Å². The number of nitrogen functional groups attached to an aromatic ring is 1. The number of rotatable bonds is 1. The summed E-state index contributed by atoms with van der Waals surface area (Å²) in [5, 5.41) is 0. The predicted octanol–water partition coefficient (Wildman–Crippen LogP) is 1.55. The average molecular weight is 172 g/mol. The third-order valence-electron chi connectivity index (χ3n) is 1.17. The van der Waals surface area contributed by atoms with Crippen LogP contribution in [0.5, 0.6) is 0 Å². The van der Waals surface area contributed by atoms with Crippen LogP contribution in [0.2, 0.25) is 0 Å². The second kappa shape index (κ2) is 3.18. The number of hydrazine groups is 1. The van der Waals surface area contributed by atoms with Gasteiger partial charge >= 0.3 is 0 Å². The molecule has 3 N–H and O–H groups in total. The zero-order valence-electron chi connectivity index (χ0n) is 5.20. The molecule has 0 atom stereocenters. The highest BCUT2D eigenvalue weighted by molar-refractivity contribution is 7.83. The van der Waals surface area contributed by atoms with Crippen LogP contribution in [0.3, 0.4) is 0 Å². The molecular weight excluding hydrogens is 164 g/mol. The first kappa shape index (κ1) is 7.78. The zero-order chi connectivity index (χ0) is 7.56. The number of hydrogen-bond donors (Lipinski definition) is 4. The Morgan fingerprint density at radius 3 is 2.50 bits per heavy atom. The van der Waals surface area contributed by atoms with Crippen molar-refractivity contribution in [3.63, 3.8) is 0 Å². The Hall–Kier alpha value is -0.320. The molecule has 1 aromatic rings. The SMILES string of the molecule is NNc1cccc(S)c1S. The Labute approximate surface area is 70.6 Å². The van der Waals surface area contributed by atoms with Gasteiger partial charge in [-0.3, -0.25) is 5.84 Å². The summed E-state index contributed by atoms with van der Waals surface area (Å²) in [6.45, 7) is 0. The maximum atomic E-state index is 5.19. The number of nitrogens with one attached hydrogen (secondary N) is 1. The summed E-state index contributed by atoms with van der Waals surface area (Å²) in [6.07, 6.45) is 0. The third-order valence-corrected chi connectivity index (χ3v) is 2.20. The molecule has 0 amide bonds. The van der Waals surface area contributed by atoms with Crippen molar-refractivity contribution in [3.8, 4) is 0 Å². The monoisotopic (exact) mass is 172 g/mol. The summed E-state index contributed by atoms with van der Waals surface area (Å²) in [5.74, 6) is 5.19. The fraction of sp³-hybridized carbons (Fsp3) is 0. The quantitative estimate of drug-likeness (QED) is 0.295. The van der Waals surface area contributed by atoms with Gasteiger partial charge in [-0.25, -0.2) is 0 Å². The second-order valence-electron chi connectivity index (χ2n) is 1.82. The Bertz CT molecular complexity index is 237. The number of benzene rings is 1. The van der Waals surface area contributed by atoms with Crippen molar-refractivity contribution in [1.82, 2.24) is 0 Å². The first-order valence-corrected chi connectivity index (χ1v) is 3.62. The summed E-state index contributed by atoms with van der Waals surface area (Å²) >= 11 is 8.32. The molecular formula is C6H8N2S2. The first-order valence-electron chi connectivity index (χ1n) is 2.73. The largest absolute Gasteiger partial charge is 0.323 e. The summed E-state index contributed by atoms with van der Waals surface area (Å²) in [4.78, 5) is 1.59. The van der Waals surface area contributed by atoms with E-state index in [0.29, 0.717) is 0 Å². The highest BCUT2D eigenvalue weighted by Crippen LogP contribution is 2.25. The molecule has 0 aliphatic rings. The lowest BCUT2D eigenvalue weighted by Gasteiger charge is -2.04. The molecule has 54 valence electrons. The van der Waals surface area contributed by atoms with Gasteiger partial charge in [-0.2, -0.15) is 0 Å². The van der Waals surface area contributed by atoms with E-state index in [2.05, 4.69) is 30.7 Å². The van der Waals surface area contributed by atoms with Gasteiger partial charge < -0.3 is 5.43 Å². The van der Waals surface area contributed by atoms with Crippen molar-refractivity contribution >= 4 is 30.9 Å². The molecule has 1 rings (SSSR count). The highest BCUT2D eigenvalue weighted by atomic mass is 32.1. The Kier molecular flexibility index (Phi) is 2.48. The lowest BCUT2D eigenvalue weighted by Crippen LogP contribution is -2.07. The summed E-state index contributed by atoms with van der Waals surface area (Å²) in [6, 6.07) is 5.55. The zero-order valence-corrected chi connectivity index (χ0v) is 6.99. The van der Waals surface area contributed by atoms with Gasteiger partial charge in [0, 0.05) is 9.79 Å². The van der Waals surface area contributed by atoms with E-state index < -0.39 is 0 Å². The third kappa shape index (κ3) is 1.39. The first-order chi connectivity index (χ1) is 4.75. The van der Waals surface area contributed by atoms with Gasteiger partial charge in [0.2, 0.25) is 0 Å². The summed E-state index contributed by atoms with van der Waals surface area (Å²) in [7, 11) is 0. The molecule has 0 saturated heterocycles. The van der Waals surface area contributed by atoms with Crippen LogP contribution >= 0.6 is 25.3 Å². The van der Waals surface area contributed by atoms with E-state index in [4.69, 9.17) is 5.84 Å². The molecule has 0 aromatic heterocycles. The van der Waals surface area contributed by atoms with Gasteiger partial charge in [-0.1, -0.05) is 6.07 Å². The lowest BCUT2D eigenvalue weighted by molar-refractivity contribution is 1.21. The van der Waals surface area contributed by atoms with Crippen molar-refractivity contribution in [2.75, 3.05) is 5.43 Å². The van der Waals surface area contributed by atoms with Gasteiger partial charge in [0.05, 0.1) is 5.69 Å². The molecule has 1 aromatic carbocycles. The molecule has 0 fully saturated rings. The summed E-state index contributed by atoms with van der Waals surface area (Å²) in [5.41, 5.74) is 3.30. The van der Waals surface area contributed by atoms with Crippen molar-refractivity contribution < 1.29 is 0 Å². The van der Waals surface area contributed by atoms with E-state index in [9.17, 15) is 0 Å². The molecule has 0 radical (unpaired) electrons. The van der Waals surface area contributed by atoms with Crippen LogP contribution in [-0.2, 0) is 0 Å². The molecule has 0 unspecified atom stereocenters. The summed E-state index contributed by atoms with van der Waals surface area (Å²) < 4.78 is 0. The van der Waals surface area contributed by atoms with E-state index in [1.165, 1.54) is 0 Å². The number of thiol groups is 2. The molecule has 0 bridgehead atoms. The standard InChI is InChI=1S/C6H8N2S2/c7-8-4-2-1-3-5(9)6(4)10/h1-3,8-10H,7H2. The van der Waals surface area contributed by atoms with Crippen LogP contribution in [0.1, 0.15) is 0 Å². The highest BCUT2D eigenvalue weighted by Gasteiger charge is 1.97. The minimum Gasteiger partial charge on any atom is -0.323 e. The minimum atomic E-state index is 0.772. The van der Waals surface area contributed by atoms with Crippen molar-refractivity contribution in [2.45, 2.75) is 9.79 Å². The van der Waals surface area contributed by atoms with Gasteiger partial charge in [-0.05, 0) is 12.1 Å². The Balaban J connectivity index is 3.14. The molecule has 2 nitrogen and oxygen atoms in total. The number of hydrogen-bond acceptors (Lipinski definition) is 4. The van der Waals surface area contributed by atoms with Crippen LogP contribution in [0.25, 0.3) is 0 Å². The van der Waals surface area contributed by atoms with Crippen LogP contribution < -0.4 is 11.3 Å². The van der Waals surface area contributed by atoms with E-state index in [1.54, 1.807) is 0 Å². The van der Waals surface area contributed by atoms with E-state index in [1.807, 2.05) is 18.2 Å². The average Bonchev–Trinajstić information content (AvgIpc) is 1.95. The van der Waals surface area contributed by atoms with Gasteiger partial charge in [0.25, 0.3) is 0 Å². The molecule has 0 spiro atoms. The van der Waals surface area contributed by atoms with Gasteiger partial charge in [0.1, 0.15) is 0 Å². The fourth-order valence-electron chi connectivity index (χ4n) is 0.648. The molecule has 0 saturated carbocycles. The molecule has 0 aliphatic heterocycles. The van der Waals surface area contributed by atoms with Crippen molar-refractivity contribution in [2.24, 2.45) is 5.84 Å². The lowest BCUT2D eigenvalue weighted by atomic mass is 10.3. The van der Waals surface area contributed by atoms with Gasteiger partial charge in [0.15, 0.2) is 0 Å². The molecule has 0 heterocycles. The second-order valence-corrected chi connectivity index (χ2v) is 2.75. The number of anilines is 1. The molecule has 4 heteroatoms. The van der Waals surface area contributed by atoms with Crippen LogP contribution in [0.15, 0.2) is 28.0 Å². The van der Waals surface area contributed by atoms with E-state index in [-0.39, 0.29) is 0 Å². The topological polar surface area (TPSA) is 38.0 Å². The number of nitrogens with two attached hydrogens (primary N) is 1. The maximum absolute atomic E-state index is 5.19. The van der Waals surface area contributed by atoms with Crippen molar-refractivity contribution in [1.29, 1.82) is 0 Å². The van der Waals surface area contributed by atoms with Gasteiger partial charge in [-0.15, -0.1) is 25.3 Å². The minimum absolute atomic E-state index is 0.772. The Morgan fingerprint density at radius 1 is 1.30 bits per heavy atom. The predicted molar refractivity (Wildman–Crippen MR) is 48.8 cm³/mol. The van der Waals surface area contributed by atoms with E-state index >= 15 is 0 Å². The molecule has 0 aliphatic carbocycles. The van der Waals surface area contributed by atoms with Crippen molar-refractivity contribution in [3.05, 3.63) is 18.2 Å². The normalized spacial score (nSPS) is 9.50. The maximum Gasteiger partial charge on any atom is 0.0629 e. The Morgan fingerprint density at radius 2 is 2.00 bits per heavy atom.